The van der Waals surface area contributed by atoms with Crippen LogP contribution in [0.3, 0.4) is 0 Å². The summed E-state index contributed by atoms with van der Waals surface area (Å²) in [4.78, 5) is 10.9. The monoisotopic (exact) mass is 266 g/mol. The highest BCUT2D eigenvalue weighted by Crippen LogP contribution is 2.25. The molecule has 0 amide bonds. The van der Waals surface area contributed by atoms with Gasteiger partial charge < -0.3 is 15.7 Å². The predicted octanol–water partition coefficient (Wildman–Crippen LogP) is 0.708. The standard InChI is InChI=1S/C12H18N4OS/c1-8(17)9-2-6-16(7-3-9)12-10(11(13)18)14-4-5-15-12/h4-5,8-9,17H,2-3,6-7H2,1H3,(H2,13,18). The van der Waals surface area contributed by atoms with Gasteiger partial charge in [0.2, 0.25) is 0 Å². The molecule has 2 heterocycles. The second kappa shape index (κ2) is 5.58. The highest BCUT2D eigenvalue weighted by atomic mass is 32.1. The fourth-order valence-corrected chi connectivity index (χ4v) is 2.47. The van der Waals surface area contributed by atoms with E-state index in [0.29, 0.717) is 11.6 Å². The normalized spacial score (nSPS) is 18.7. The number of hydrogen-bond acceptors (Lipinski definition) is 5. The number of hydrogen-bond donors (Lipinski definition) is 2. The van der Waals surface area contributed by atoms with Crippen molar-refractivity contribution in [2.75, 3.05) is 18.0 Å². The average molecular weight is 266 g/mol. The number of aliphatic hydroxyl groups excluding tert-OH is 1. The van der Waals surface area contributed by atoms with E-state index >= 15 is 0 Å². The Balaban J connectivity index is 2.12. The molecule has 1 atom stereocenters. The summed E-state index contributed by atoms with van der Waals surface area (Å²) in [5.74, 6) is 1.13. The van der Waals surface area contributed by atoms with Crippen LogP contribution in [0.2, 0.25) is 0 Å². The van der Waals surface area contributed by atoms with Crippen LogP contribution in [0.15, 0.2) is 12.4 Å². The summed E-state index contributed by atoms with van der Waals surface area (Å²) in [5, 5.41) is 9.59. The molecule has 2 rings (SSSR count). The maximum Gasteiger partial charge on any atom is 0.157 e. The van der Waals surface area contributed by atoms with Crippen LogP contribution < -0.4 is 10.6 Å². The molecular formula is C12H18N4OS. The van der Waals surface area contributed by atoms with Gasteiger partial charge >= 0.3 is 0 Å². The minimum Gasteiger partial charge on any atom is -0.393 e. The molecule has 1 fully saturated rings. The molecule has 5 nitrogen and oxygen atoms in total. The third-order valence-corrected chi connectivity index (χ3v) is 3.63. The molecule has 0 aromatic carbocycles. The molecular weight excluding hydrogens is 248 g/mol. The summed E-state index contributed by atoms with van der Waals surface area (Å²) < 4.78 is 0. The first-order chi connectivity index (χ1) is 8.59. The van der Waals surface area contributed by atoms with Gasteiger partial charge in [-0.2, -0.15) is 0 Å². The van der Waals surface area contributed by atoms with Crippen LogP contribution >= 0.6 is 12.2 Å². The molecule has 1 aromatic rings. The molecule has 1 aliphatic rings. The Morgan fingerprint density at radius 2 is 2.06 bits per heavy atom. The maximum atomic E-state index is 9.59. The van der Waals surface area contributed by atoms with Crippen LogP contribution in [0, 0.1) is 5.92 Å². The summed E-state index contributed by atoms with van der Waals surface area (Å²) >= 11 is 4.99. The number of nitrogens with zero attached hydrogens (tertiary/aromatic N) is 3. The second-order valence-electron chi connectivity index (χ2n) is 4.66. The van der Waals surface area contributed by atoms with Gasteiger partial charge in [-0.1, -0.05) is 12.2 Å². The van der Waals surface area contributed by atoms with E-state index in [9.17, 15) is 5.11 Å². The van der Waals surface area contributed by atoms with Crippen molar-refractivity contribution in [3.63, 3.8) is 0 Å². The average Bonchev–Trinajstić information content (AvgIpc) is 2.39. The summed E-state index contributed by atoms with van der Waals surface area (Å²) in [5.41, 5.74) is 6.25. The number of anilines is 1. The SMILES string of the molecule is CC(O)C1CCN(c2nccnc2C(N)=S)CC1. The zero-order valence-corrected chi connectivity index (χ0v) is 11.2. The summed E-state index contributed by atoms with van der Waals surface area (Å²) in [7, 11) is 0. The number of aliphatic hydroxyl groups is 1. The van der Waals surface area contributed by atoms with Gasteiger partial charge in [0.05, 0.1) is 6.10 Å². The Kier molecular flexibility index (Phi) is 4.08. The molecule has 0 saturated carbocycles. The van der Waals surface area contributed by atoms with E-state index in [-0.39, 0.29) is 11.1 Å². The quantitative estimate of drug-likeness (QED) is 0.785. The highest BCUT2D eigenvalue weighted by Gasteiger charge is 2.25. The smallest absolute Gasteiger partial charge is 0.157 e. The Morgan fingerprint density at radius 3 is 2.61 bits per heavy atom. The molecule has 1 saturated heterocycles. The number of piperidine rings is 1. The molecule has 3 N–H and O–H groups in total. The third kappa shape index (κ3) is 2.76. The molecule has 98 valence electrons. The van der Waals surface area contributed by atoms with E-state index in [1.165, 1.54) is 0 Å². The Hall–Kier alpha value is -1.27. The predicted molar refractivity (Wildman–Crippen MR) is 74.5 cm³/mol. The number of thiocarbonyl (C=S) groups is 1. The van der Waals surface area contributed by atoms with E-state index in [1.54, 1.807) is 12.4 Å². The minimum absolute atomic E-state index is 0.246. The van der Waals surface area contributed by atoms with E-state index in [0.717, 1.165) is 31.7 Å². The lowest BCUT2D eigenvalue weighted by Gasteiger charge is -2.34. The van der Waals surface area contributed by atoms with Crippen molar-refractivity contribution in [1.29, 1.82) is 0 Å². The number of aromatic nitrogens is 2. The first kappa shape index (κ1) is 13.2. The third-order valence-electron chi connectivity index (χ3n) is 3.43. The van der Waals surface area contributed by atoms with Gasteiger partial charge in [0.1, 0.15) is 10.7 Å². The van der Waals surface area contributed by atoms with Gasteiger partial charge in [-0.05, 0) is 25.7 Å². The maximum absolute atomic E-state index is 9.59. The van der Waals surface area contributed by atoms with Crippen LogP contribution in [0.25, 0.3) is 0 Å². The van der Waals surface area contributed by atoms with Crippen molar-refractivity contribution >= 4 is 23.0 Å². The fourth-order valence-electron chi connectivity index (χ4n) is 2.33. The van der Waals surface area contributed by atoms with Crippen molar-refractivity contribution in [3.8, 4) is 0 Å². The van der Waals surface area contributed by atoms with Gasteiger partial charge in [0.25, 0.3) is 0 Å². The molecule has 1 unspecified atom stereocenters. The van der Waals surface area contributed by atoms with Crippen LogP contribution in [-0.4, -0.2) is 39.3 Å². The van der Waals surface area contributed by atoms with Crippen LogP contribution in [0.5, 0.6) is 0 Å². The molecule has 1 aliphatic heterocycles. The second-order valence-corrected chi connectivity index (χ2v) is 5.10. The highest BCUT2D eigenvalue weighted by molar-refractivity contribution is 7.80. The lowest BCUT2D eigenvalue weighted by molar-refractivity contribution is 0.110. The molecule has 18 heavy (non-hydrogen) atoms. The lowest BCUT2D eigenvalue weighted by atomic mass is 9.92. The van der Waals surface area contributed by atoms with Gasteiger partial charge in [-0.15, -0.1) is 0 Å². The van der Waals surface area contributed by atoms with Crippen molar-refractivity contribution in [1.82, 2.24) is 9.97 Å². The van der Waals surface area contributed by atoms with E-state index in [1.807, 2.05) is 6.92 Å². The van der Waals surface area contributed by atoms with Crippen molar-refractivity contribution in [2.45, 2.75) is 25.9 Å². The molecule has 0 bridgehead atoms. The Labute approximate surface area is 112 Å². The first-order valence-corrected chi connectivity index (χ1v) is 6.54. The summed E-state index contributed by atoms with van der Waals surface area (Å²) in [6.45, 7) is 3.55. The van der Waals surface area contributed by atoms with E-state index < -0.39 is 0 Å². The molecule has 0 radical (unpaired) electrons. The Morgan fingerprint density at radius 1 is 1.44 bits per heavy atom. The molecule has 1 aromatic heterocycles. The molecule has 6 heteroatoms. The minimum atomic E-state index is -0.246. The number of rotatable bonds is 3. The topological polar surface area (TPSA) is 75.3 Å². The van der Waals surface area contributed by atoms with Gasteiger partial charge in [0, 0.05) is 25.5 Å². The van der Waals surface area contributed by atoms with Gasteiger partial charge in [-0.25, -0.2) is 9.97 Å². The van der Waals surface area contributed by atoms with E-state index in [4.69, 9.17) is 18.0 Å². The summed E-state index contributed by atoms with van der Waals surface area (Å²) in [6, 6.07) is 0. The van der Waals surface area contributed by atoms with Gasteiger partial charge in [0.15, 0.2) is 5.82 Å². The van der Waals surface area contributed by atoms with E-state index in [2.05, 4.69) is 14.9 Å². The number of nitrogens with two attached hydrogens (primary N) is 1. The Bertz CT molecular complexity index is 430. The van der Waals surface area contributed by atoms with Crippen molar-refractivity contribution in [3.05, 3.63) is 18.1 Å². The zero-order chi connectivity index (χ0) is 13.1. The van der Waals surface area contributed by atoms with Crippen LogP contribution in [-0.2, 0) is 0 Å². The zero-order valence-electron chi connectivity index (χ0n) is 10.4. The van der Waals surface area contributed by atoms with Crippen molar-refractivity contribution < 1.29 is 5.11 Å². The fraction of sp³-hybridized carbons (Fsp3) is 0.583. The summed E-state index contributed by atoms with van der Waals surface area (Å²) in [6.07, 6.45) is 4.90. The largest absolute Gasteiger partial charge is 0.393 e. The van der Waals surface area contributed by atoms with Gasteiger partial charge in [-0.3, -0.25) is 0 Å². The molecule has 0 spiro atoms. The van der Waals surface area contributed by atoms with Crippen molar-refractivity contribution in [2.24, 2.45) is 11.7 Å². The van der Waals surface area contributed by atoms with Crippen LogP contribution in [0.4, 0.5) is 5.82 Å². The molecule has 0 aliphatic carbocycles. The lowest BCUT2D eigenvalue weighted by Crippen LogP contribution is -2.38. The first-order valence-electron chi connectivity index (χ1n) is 6.13. The van der Waals surface area contributed by atoms with Crippen LogP contribution in [0.1, 0.15) is 25.5 Å².